The molecule has 1 amide bonds. The zero-order valence-corrected chi connectivity index (χ0v) is 13.3. The number of carbonyl (C=O) groups is 1. The van der Waals surface area contributed by atoms with Gasteiger partial charge in [0.05, 0.1) is 0 Å². The van der Waals surface area contributed by atoms with E-state index < -0.39 is 0 Å². The van der Waals surface area contributed by atoms with Gasteiger partial charge in [0.1, 0.15) is 11.5 Å². The monoisotopic (exact) mass is 317 g/mol. The number of rotatable bonds is 4. The molecule has 1 saturated heterocycles. The molecule has 0 spiro atoms. The van der Waals surface area contributed by atoms with E-state index in [1.807, 2.05) is 23.1 Å². The molecule has 1 atom stereocenters. The van der Waals surface area contributed by atoms with Gasteiger partial charge in [0.25, 0.3) is 5.91 Å². The highest BCUT2D eigenvalue weighted by molar-refractivity contribution is 7.14. The standard InChI is InChI=1S/C15H19N5OS/c1-15(9-16)5-7-20(10-15)13(21)11-8-22-14(18-11)19-12-4-2-3-6-17-12/h2-4,6,8H,5,7,9-10,16H2,1H3,(H,17,18,19). The molecular formula is C15H19N5OS. The van der Waals surface area contributed by atoms with Crippen LogP contribution in [0.4, 0.5) is 10.9 Å². The van der Waals surface area contributed by atoms with Crippen LogP contribution >= 0.6 is 11.3 Å². The van der Waals surface area contributed by atoms with Gasteiger partial charge in [-0.15, -0.1) is 11.3 Å². The van der Waals surface area contributed by atoms with Gasteiger partial charge in [-0.25, -0.2) is 9.97 Å². The molecule has 1 fully saturated rings. The van der Waals surface area contributed by atoms with Crippen LogP contribution in [-0.2, 0) is 0 Å². The molecule has 0 aliphatic carbocycles. The lowest BCUT2D eigenvalue weighted by Gasteiger charge is -2.22. The molecule has 2 aromatic heterocycles. The summed E-state index contributed by atoms with van der Waals surface area (Å²) in [4.78, 5) is 22.9. The molecule has 6 nitrogen and oxygen atoms in total. The highest BCUT2D eigenvalue weighted by atomic mass is 32.1. The van der Waals surface area contributed by atoms with Crippen LogP contribution in [0.1, 0.15) is 23.8 Å². The van der Waals surface area contributed by atoms with Crippen LogP contribution in [0.25, 0.3) is 0 Å². The van der Waals surface area contributed by atoms with E-state index >= 15 is 0 Å². The first kappa shape index (κ1) is 14.9. The number of hydrogen-bond donors (Lipinski definition) is 2. The minimum absolute atomic E-state index is 0.0255. The summed E-state index contributed by atoms with van der Waals surface area (Å²) in [5.41, 5.74) is 6.30. The van der Waals surface area contributed by atoms with Crippen molar-refractivity contribution in [1.82, 2.24) is 14.9 Å². The topological polar surface area (TPSA) is 84.1 Å². The van der Waals surface area contributed by atoms with E-state index in [9.17, 15) is 4.79 Å². The number of pyridine rings is 1. The molecule has 0 saturated carbocycles. The fourth-order valence-corrected chi connectivity index (χ4v) is 3.19. The van der Waals surface area contributed by atoms with Crippen LogP contribution in [0.3, 0.4) is 0 Å². The molecule has 22 heavy (non-hydrogen) atoms. The van der Waals surface area contributed by atoms with E-state index in [1.54, 1.807) is 11.6 Å². The molecule has 7 heteroatoms. The first-order chi connectivity index (χ1) is 10.6. The number of nitrogens with one attached hydrogen (secondary N) is 1. The van der Waals surface area contributed by atoms with Crippen LogP contribution in [-0.4, -0.2) is 40.4 Å². The molecular weight excluding hydrogens is 298 g/mol. The lowest BCUT2D eigenvalue weighted by molar-refractivity contribution is 0.0772. The van der Waals surface area contributed by atoms with Crippen molar-refractivity contribution in [2.75, 3.05) is 25.0 Å². The van der Waals surface area contributed by atoms with Crippen LogP contribution < -0.4 is 11.1 Å². The number of nitrogens with two attached hydrogens (primary N) is 1. The summed E-state index contributed by atoms with van der Waals surface area (Å²) >= 11 is 1.40. The average Bonchev–Trinajstić information content (AvgIpc) is 3.15. The number of amides is 1. The van der Waals surface area contributed by atoms with Crippen molar-refractivity contribution >= 4 is 28.2 Å². The highest BCUT2D eigenvalue weighted by Crippen LogP contribution is 2.30. The van der Waals surface area contributed by atoms with Crippen molar-refractivity contribution in [3.8, 4) is 0 Å². The Balaban J connectivity index is 1.67. The van der Waals surface area contributed by atoms with Crippen LogP contribution in [0, 0.1) is 5.41 Å². The summed E-state index contributed by atoms with van der Waals surface area (Å²) in [6.45, 7) is 4.16. The molecule has 1 unspecified atom stereocenters. The Hall–Kier alpha value is -1.99. The number of hydrogen-bond acceptors (Lipinski definition) is 6. The van der Waals surface area contributed by atoms with E-state index in [0.717, 1.165) is 13.0 Å². The minimum atomic E-state index is -0.0255. The van der Waals surface area contributed by atoms with Gasteiger partial charge in [0, 0.05) is 24.7 Å². The summed E-state index contributed by atoms with van der Waals surface area (Å²) in [5.74, 6) is 0.690. The Kier molecular flexibility index (Phi) is 4.08. The van der Waals surface area contributed by atoms with Crippen molar-refractivity contribution in [2.45, 2.75) is 13.3 Å². The molecule has 3 N–H and O–H groups in total. The van der Waals surface area contributed by atoms with Crippen molar-refractivity contribution in [1.29, 1.82) is 0 Å². The molecule has 116 valence electrons. The normalized spacial score (nSPS) is 21.1. The van der Waals surface area contributed by atoms with E-state index in [0.29, 0.717) is 29.7 Å². The van der Waals surface area contributed by atoms with E-state index in [1.165, 1.54) is 11.3 Å². The SMILES string of the molecule is CC1(CN)CCN(C(=O)c2csc(Nc3ccccn3)n2)C1. The van der Waals surface area contributed by atoms with Crippen molar-refractivity contribution in [3.05, 3.63) is 35.5 Å². The van der Waals surface area contributed by atoms with Gasteiger partial charge in [-0.2, -0.15) is 0 Å². The second-order valence-electron chi connectivity index (χ2n) is 5.87. The molecule has 0 bridgehead atoms. The van der Waals surface area contributed by atoms with Crippen LogP contribution in [0.5, 0.6) is 0 Å². The number of aromatic nitrogens is 2. The average molecular weight is 317 g/mol. The molecule has 2 aromatic rings. The lowest BCUT2D eigenvalue weighted by Crippen LogP contribution is -2.34. The van der Waals surface area contributed by atoms with Crippen molar-refractivity contribution < 1.29 is 4.79 Å². The zero-order chi connectivity index (χ0) is 15.6. The Labute approximate surface area is 133 Å². The van der Waals surface area contributed by atoms with Crippen molar-refractivity contribution in [2.24, 2.45) is 11.1 Å². The van der Waals surface area contributed by atoms with Crippen LogP contribution in [0.15, 0.2) is 29.8 Å². The Bertz CT molecular complexity index is 659. The fourth-order valence-electron chi connectivity index (χ4n) is 2.50. The first-order valence-electron chi connectivity index (χ1n) is 7.23. The maximum atomic E-state index is 12.5. The summed E-state index contributed by atoms with van der Waals surface area (Å²) in [6, 6.07) is 5.60. The number of carbonyl (C=O) groups excluding carboxylic acids is 1. The maximum Gasteiger partial charge on any atom is 0.273 e. The van der Waals surface area contributed by atoms with Gasteiger partial charge >= 0.3 is 0 Å². The van der Waals surface area contributed by atoms with Crippen molar-refractivity contribution in [3.63, 3.8) is 0 Å². The van der Waals surface area contributed by atoms with Gasteiger partial charge < -0.3 is 16.0 Å². The predicted molar refractivity (Wildman–Crippen MR) is 87.3 cm³/mol. The van der Waals surface area contributed by atoms with E-state index in [4.69, 9.17) is 5.73 Å². The van der Waals surface area contributed by atoms with Gasteiger partial charge in [0.15, 0.2) is 5.13 Å². The third kappa shape index (κ3) is 3.10. The number of likely N-dealkylation sites (tertiary alicyclic amines) is 1. The fraction of sp³-hybridized carbons (Fsp3) is 0.400. The van der Waals surface area contributed by atoms with Gasteiger partial charge in [0.2, 0.25) is 0 Å². The zero-order valence-electron chi connectivity index (χ0n) is 12.5. The highest BCUT2D eigenvalue weighted by Gasteiger charge is 2.35. The number of thiazole rings is 1. The quantitative estimate of drug-likeness (QED) is 0.902. The summed E-state index contributed by atoms with van der Waals surface area (Å²) in [7, 11) is 0. The predicted octanol–water partition coefficient (Wildman–Crippen LogP) is 2.09. The maximum absolute atomic E-state index is 12.5. The Morgan fingerprint density at radius 1 is 1.55 bits per heavy atom. The first-order valence-corrected chi connectivity index (χ1v) is 8.10. The third-order valence-electron chi connectivity index (χ3n) is 3.96. The van der Waals surface area contributed by atoms with E-state index in [2.05, 4.69) is 22.2 Å². The van der Waals surface area contributed by atoms with Gasteiger partial charge in [-0.3, -0.25) is 4.79 Å². The smallest absolute Gasteiger partial charge is 0.273 e. The number of nitrogens with zero attached hydrogens (tertiary/aromatic N) is 3. The summed E-state index contributed by atoms with van der Waals surface area (Å²) < 4.78 is 0. The second kappa shape index (κ2) is 6.02. The second-order valence-corrected chi connectivity index (χ2v) is 6.73. The lowest BCUT2D eigenvalue weighted by atomic mass is 9.90. The molecule has 1 aliphatic rings. The molecule has 1 aliphatic heterocycles. The van der Waals surface area contributed by atoms with Gasteiger partial charge in [-0.1, -0.05) is 13.0 Å². The van der Waals surface area contributed by atoms with Gasteiger partial charge in [-0.05, 0) is 30.5 Å². The van der Waals surface area contributed by atoms with E-state index in [-0.39, 0.29) is 11.3 Å². The summed E-state index contributed by atoms with van der Waals surface area (Å²) in [5, 5.41) is 5.56. The molecule has 3 heterocycles. The largest absolute Gasteiger partial charge is 0.337 e. The molecule has 0 radical (unpaired) electrons. The third-order valence-corrected chi connectivity index (χ3v) is 4.72. The Morgan fingerprint density at radius 3 is 3.09 bits per heavy atom. The molecule has 3 rings (SSSR count). The number of anilines is 2. The van der Waals surface area contributed by atoms with Crippen LogP contribution in [0.2, 0.25) is 0 Å². The Morgan fingerprint density at radius 2 is 2.41 bits per heavy atom. The molecule has 0 aromatic carbocycles. The minimum Gasteiger partial charge on any atom is -0.337 e. The summed E-state index contributed by atoms with van der Waals surface area (Å²) in [6.07, 6.45) is 2.65.